The molecule has 0 aromatic carbocycles. The van der Waals surface area contributed by atoms with Crippen LogP contribution in [0.5, 0.6) is 0 Å². The van der Waals surface area contributed by atoms with E-state index in [4.69, 9.17) is 11.5 Å². The van der Waals surface area contributed by atoms with Gasteiger partial charge in [0.1, 0.15) is 6.04 Å². The molecule has 0 aliphatic heterocycles. The van der Waals surface area contributed by atoms with Crippen LogP contribution in [0.1, 0.15) is 13.8 Å². The van der Waals surface area contributed by atoms with Gasteiger partial charge in [0.15, 0.2) is 0 Å². The molecule has 1 unspecified atom stereocenters. The molecule has 0 radical (unpaired) electrons. The fourth-order valence-electron chi connectivity index (χ4n) is 0.979. The Kier molecular flexibility index (Phi) is 5.24. The van der Waals surface area contributed by atoms with Crippen LogP contribution in [0.2, 0.25) is 0 Å². The summed E-state index contributed by atoms with van der Waals surface area (Å²) in [6.07, 6.45) is 5.10. The third kappa shape index (κ3) is 3.50. The Bertz CT molecular complexity index is 283. The summed E-state index contributed by atoms with van der Waals surface area (Å²) in [4.78, 5) is 24.9. The lowest BCUT2D eigenvalue weighted by Crippen LogP contribution is -2.47. The molecule has 0 aliphatic carbocycles. The summed E-state index contributed by atoms with van der Waals surface area (Å²) >= 11 is 0. The van der Waals surface area contributed by atoms with Crippen molar-refractivity contribution in [3.63, 3.8) is 0 Å². The van der Waals surface area contributed by atoms with Gasteiger partial charge >= 0.3 is 12.0 Å². The first-order valence-electron chi connectivity index (χ1n) is 4.63. The molecule has 0 saturated carbocycles. The van der Waals surface area contributed by atoms with E-state index >= 15 is 0 Å². The van der Waals surface area contributed by atoms with Crippen molar-refractivity contribution in [1.82, 2.24) is 9.80 Å². The number of urea groups is 1. The van der Waals surface area contributed by atoms with E-state index in [-0.39, 0.29) is 12.6 Å². The number of aliphatic carboxylic acids is 1. The number of carboxylic acid groups (broad SMARTS) is 1. The zero-order valence-electron chi connectivity index (χ0n) is 9.23. The van der Waals surface area contributed by atoms with Crippen molar-refractivity contribution in [2.45, 2.75) is 19.9 Å². The molecule has 0 aliphatic rings. The second kappa shape index (κ2) is 5.91. The summed E-state index contributed by atoms with van der Waals surface area (Å²) in [5, 5.41) is 8.73. The number of hydrogen-bond acceptors (Lipinski definition) is 2. The number of terminal acetylenes is 1. The monoisotopic (exact) mass is 212 g/mol. The third-order valence-corrected chi connectivity index (χ3v) is 2.17. The van der Waals surface area contributed by atoms with Gasteiger partial charge < -0.3 is 14.9 Å². The Balaban J connectivity index is 4.55. The second-order valence-electron chi connectivity index (χ2n) is 3.13. The van der Waals surface area contributed by atoms with Gasteiger partial charge in [-0.1, -0.05) is 5.92 Å². The molecule has 15 heavy (non-hydrogen) atoms. The van der Waals surface area contributed by atoms with Crippen molar-refractivity contribution in [1.29, 1.82) is 0 Å². The smallest absolute Gasteiger partial charge is 0.326 e. The summed E-state index contributed by atoms with van der Waals surface area (Å²) in [7, 11) is 1.44. The van der Waals surface area contributed by atoms with Crippen molar-refractivity contribution >= 4 is 12.0 Å². The van der Waals surface area contributed by atoms with Crippen LogP contribution in [-0.4, -0.2) is 53.1 Å². The first-order valence-corrected chi connectivity index (χ1v) is 4.63. The highest BCUT2D eigenvalue weighted by Crippen LogP contribution is 2.02. The van der Waals surface area contributed by atoms with E-state index < -0.39 is 12.0 Å². The van der Waals surface area contributed by atoms with Gasteiger partial charge in [-0.25, -0.2) is 9.59 Å². The van der Waals surface area contributed by atoms with Gasteiger partial charge in [-0.3, -0.25) is 0 Å². The minimum atomic E-state index is -1.04. The number of nitrogens with zero attached hydrogens (tertiary/aromatic N) is 2. The Labute approximate surface area is 89.7 Å². The number of amides is 2. The molecule has 0 heterocycles. The van der Waals surface area contributed by atoms with Crippen LogP contribution >= 0.6 is 0 Å². The lowest BCUT2D eigenvalue weighted by atomic mass is 10.3. The zero-order valence-corrected chi connectivity index (χ0v) is 9.23. The van der Waals surface area contributed by atoms with E-state index in [1.165, 1.54) is 18.9 Å². The summed E-state index contributed by atoms with van der Waals surface area (Å²) < 4.78 is 0. The molecule has 84 valence electrons. The highest BCUT2D eigenvalue weighted by atomic mass is 16.4. The van der Waals surface area contributed by atoms with Gasteiger partial charge in [0.05, 0.1) is 6.54 Å². The molecule has 1 atom stereocenters. The Morgan fingerprint density at radius 1 is 1.53 bits per heavy atom. The van der Waals surface area contributed by atoms with E-state index in [0.717, 1.165) is 4.90 Å². The summed E-state index contributed by atoms with van der Waals surface area (Å²) in [6, 6.07) is -1.23. The van der Waals surface area contributed by atoms with Crippen molar-refractivity contribution in [3.8, 4) is 12.3 Å². The molecule has 0 aromatic rings. The summed E-state index contributed by atoms with van der Waals surface area (Å²) in [5.41, 5.74) is 0. The maximum Gasteiger partial charge on any atom is 0.326 e. The van der Waals surface area contributed by atoms with Gasteiger partial charge in [-0.2, -0.15) is 0 Å². The molecule has 2 amide bonds. The van der Waals surface area contributed by atoms with Crippen LogP contribution in [0, 0.1) is 12.3 Å². The number of carbonyl (C=O) groups is 2. The number of likely N-dealkylation sites (N-methyl/N-ethyl adjacent to an activating group) is 1. The molecule has 0 fully saturated rings. The van der Waals surface area contributed by atoms with Crippen LogP contribution in [0.3, 0.4) is 0 Å². The zero-order chi connectivity index (χ0) is 12.0. The third-order valence-electron chi connectivity index (χ3n) is 2.17. The lowest BCUT2D eigenvalue weighted by Gasteiger charge is -2.28. The fraction of sp³-hybridized carbons (Fsp3) is 0.600. The molecular weight excluding hydrogens is 196 g/mol. The first-order chi connectivity index (χ1) is 6.95. The van der Waals surface area contributed by atoms with Gasteiger partial charge in [0, 0.05) is 13.6 Å². The molecule has 5 nitrogen and oxygen atoms in total. The molecule has 0 rings (SSSR count). The normalized spacial score (nSPS) is 11.3. The summed E-state index contributed by atoms with van der Waals surface area (Å²) in [6.45, 7) is 3.88. The van der Waals surface area contributed by atoms with Crippen molar-refractivity contribution in [3.05, 3.63) is 0 Å². The van der Waals surface area contributed by atoms with E-state index in [1.807, 2.05) is 0 Å². The van der Waals surface area contributed by atoms with Crippen molar-refractivity contribution in [2.75, 3.05) is 20.1 Å². The largest absolute Gasteiger partial charge is 0.480 e. The average molecular weight is 212 g/mol. The van der Waals surface area contributed by atoms with Crippen LogP contribution in [0.4, 0.5) is 4.79 Å². The van der Waals surface area contributed by atoms with Gasteiger partial charge in [-0.15, -0.1) is 6.42 Å². The minimum Gasteiger partial charge on any atom is -0.480 e. The molecule has 0 aromatic heterocycles. The highest BCUT2D eigenvalue weighted by molar-refractivity contribution is 5.82. The Hall–Kier alpha value is -1.70. The topological polar surface area (TPSA) is 60.9 Å². The van der Waals surface area contributed by atoms with Gasteiger partial charge in [0.25, 0.3) is 0 Å². The van der Waals surface area contributed by atoms with Crippen LogP contribution in [-0.2, 0) is 4.79 Å². The summed E-state index contributed by atoms with van der Waals surface area (Å²) in [5.74, 6) is 1.31. The predicted octanol–water partition coefficient (Wildman–Crippen LogP) is 0.466. The molecule has 0 bridgehead atoms. The maximum atomic E-state index is 11.7. The first kappa shape index (κ1) is 13.3. The Morgan fingerprint density at radius 3 is 2.40 bits per heavy atom. The second-order valence-corrected chi connectivity index (χ2v) is 3.13. The average Bonchev–Trinajstić information content (AvgIpc) is 2.22. The van der Waals surface area contributed by atoms with Crippen LogP contribution in [0.25, 0.3) is 0 Å². The number of carbonyl (C=O) groups excluding carboxylic acids is 1. The fourth-order valence-corrected chi connectivity index (χ4v) is 0.979. The standard InChI is InChI=1S/C10H16N2O3/c1-5-7-12(6-2)10(15)11(4)8(3)9(13)14/h1,8H,6-7H2,2-4H3,(H,13,14). The molecule has 0 spiro atoms. The number of hydrogen-bond donors (Lipinski definition) is 1. The quantitative estimate of drug-likeness (QED) is 0.689. The maximum absolute atomic E-state index is 11.7. The molecule has 1 N–H and O–H groups in total. The number of carboxylic acids is 1. The minimum absolute atomic E-state index is 0.187. The Morgan fingerprint density at radius 2 is 2.07 bits per heavy atom. The predicted molar refractivity (Wildman–Crippen MR) is 56.3 cm³/mol. The number of rotatable bonds is 4. The van der Waals surface area contributed by atoms with Crippen molar-refractivity contribution < 1.29 is 14.7 Å². The molecular formula is C10H16N2O3. The SMILES string of the molecule is C#CCN(CC)C(=O)N(C)C(C)C(=O)O. The van der Waals surface area contributed by atoms with E-state index in [9.17, 15) is 9.59 Å². The molecule has 5 heteroatoms. The van der Waals surface area contributed by atoms with Crippen molar-refractivity contribution in [2.24, 2.45) is 0 Å². The molecule has 0 saturated heterocycles. The van der Waals surface area contributed by atoms with Crippen LogP contribution < -0.4 is 0 Å². The van der Waals surface area contributed by atoms with Gasteiger partial charge in [0.2, 0.25) is 0 Å². The van der Waals surface area contributed by atoms with E-state index in [0.29, 0.717) is 6.54 Å². The van der Waals surface area contributed by atoms with Gasteiger partial charge in [-0.05, 0) is 13.8 Å². The van der Waals surface area contributed by atoms with Crippen LogP contribution in [0.15, 0.2) is 0 Å². The van der Waals surface area contributed by atoms with E-state index in [1.54, 1.807) is 6.92 Å². The van der Waals surface area contributed by atoms with E-state index in [2.05, 4.69) is 5.92 Å². The lowest BCUT2D eigenvalue weighted by molar-refractivity contribution is -0.141. The highest BCUT2D eigenvalue weighted by Gasteiger charge is 2.24.